The lowest BCUT2D eigenvalue weighted by molar-refractivity contribution is -0.386. The lowest BCUT2D eigenvalue weighted by Crippen LogP contribution is -2.22. The number of nitrogens with zero attached hydrogens (tertiary/aromatic N) is 1. The maximum Gasteiger partial charge on any atom is 0.311 e. The SMILES string of the molecule is NCCC(O)C(O)c1cc([N+](=O)[O-])c(O)cc1F. The van der Waals surface area contributed by atoms with Crippen LogP contribution in [0.25, 0.3) is 0 Å². The molecule has 7 nitrogen and oxygen atoms in total. The molecule has 5 N–H and O–H groups in total. The predicted octanol–water partition coefficient (Wildman–Crippen LogP) is 0.183. The summed E-state index contributed by atoms with van der Waals surface area (Å²) in [6.45, 7) is 0.0695. The van der Waals surface area contributed by atoms with E-state index in [4.69, 9.17) is 10.8 Å². The molecule has 0 aromatic heterocycles. The van der Waals surface area contributed by atoms with Crippen LogP contribution in [0, 0.1) is 15.9 Å². The van der Waals surface area contributed by atoms with Gasteiger partial charge in [-0.05, 0) is 13.0 Å². The molecule has 0 aliphatic heterocycles. The van der Waals surface area contributed by atoms with E-state index in [-0.39, 0.29) is 13.0 Å². The molecule has 100 valence electrons. The first-order valence-corrected chi connectivity index (χ1v) is 5.11. The number of phenols is 1. The molecule has 0 amide bonds. The number of nitrogens with two attached hydrogens (primary N) is 1. The molecular weight excluding hydrogens is 247 g/mol. The van der Waals surface area contributed by atoms with E-state index in [0.29, 0.717) is 12.1 Å². The number of nitro groups is 1. The van der Waals surface area contributed by atoms with Gasteiger partial charge in [-0.2, -0.15) is 0 Å². The zero-order chi connectivity index (χ0) is 13.9. The van der Waals surface area contributed by atoms with Gasteiger partial charge in [-0.15, -0.1) is 0 Å². The number of nitro benzene ring substituents is 1. The summed E-state index contributed by atoms with van der Waals surface area (Å²) in [5.74, 6) is -1.89. The van der Waals surface area contributed by atoms with Crippen LogP contribution >= 0.6 is 0 Å². The fourth-order valence-corrected chi connectivity index (χ4v) is 1.48. The maximum absolute atomic E-state index is 13.5. The summed E-state index contributed by atoms with van der Waals surface area (Å²) in [6.07, 6.45) is -2.98. The second-order valence-electron chi connectivity index (χ2n) is 3.71. The van der Waals surface area contributed by atoms with Crippen molar-refractivity contribution in [2.45, 2.75) is 18.6 Å². The van der Waals surface area contributed by atoms with Crippen LogP contribution in [0.2, 0.25) is 0 Å². The molecule has 2 atom stereocenters. The molecule has 1 rings (SSSR count). The van der Waals surface area contributed by atoms with Gasteiger partial charge in [0.15, 0.2) is 5.75 Å². The Morgan fingerprint density at radius 3 is 2.56 bits per heavy atom. The topological polar surface area (TPSA) is 130 Å². The number of hydrogen-bond acceptors (Lipinski definition) is 6. The van der Waals surface area contributed by atoms with Crippen molar-refractivity contribution in [3.05, 3.63) is 33.6 Å². The molecule has 0 aliphatic carbocycles. The van der Waals surface area contributed by atoms with Crippen molar-refractivity contribution in [1.29, 1.82) is 0 Å². The summed E-state index contributed by atoms with van der Waals surface area (Å²) in [4.78, 5) is 9.65. The number of phenolic OH excluding ortho intramolecular Hbond substituents is 1. The fraction of sp³-hybridized carbons (Fsp3) is 0.400. The molecule has 0 saturated heterocycles. The van der Waals surface area contributed by atoms with Crippen molar-refractivity contribution in [3.8, 4) is 5.75 Å². The van der Waals surface area contributed by atoms with E-state index in [9.17, 15) is 24.7 Å². The van der Waals surface area contributed by atoms with Gasteiger partial charge in [0.05, 0.1) is 11.0 Å². The Morgan fingerprint density at radius 1 is 1.44 bits per heavy atom. The van der Waals surface area contributed by atoms with Gasteiger partial charge < -0.3 is 21.1 Å². The smallest absolute Gasteiger partial charge is 0.311 e. The first-order chi connectivity index (χ1) is 8.38. The lowest BCUT2D eigenvalue weighted by atomic mass is 10.0. The first kappa shape index (κ1) is 14.3. The Labute approximate surface area is 101 Å². The summed E-state index contributed by atoms with van der Waals surface area (Å²) in [5, 5.41) is 38.8. The lowest BCUT2D eigenvalue weighted by Gasteiger charge is -2.18. The number of hydrogen-bond donors (Lipinski definition) is 4. The fourth-order valence-electron chi connectivity index (χ4n) is 1.48. The van der Waals surface area contributed by atoms with E-state index in [1.807, 2.05) is 0 Å². The molecule has 0 radical (unpaired) electrons. The first-order valence-electron chi connectivity index (χ1n) is 5.11. The summed E-state index contributed by atoms with van der Waals surface area (Å²) in [6, 6.07) is 1.21. The standard InChI is InChI=1S/C10H13FN2O5/c11-6-4-9(15)7(13(17)18)3-5(6)10(16)8(14)1-2-12/h3-4,8,10,14-16H,1-2,12H2. The van der Waals surface area contributed by atoms with E-state index >= 15 is 0 Å². The summed E-state index contributed by atoms with van der Waals surface area (Å²) >= 11 is 0. The van der Waals surface area contributed by atoms with E-state index < -0.39 is 39.9 Å². The zero-order valence-electron chi connectivity index (χ0n) is 9.28. The highest BCUT2D eigenvalue weighted by Crippen LogP contribution is 2.32. The van der Waals surface area contributed by atoms with Gasteiger partial charge in [-0.25, -0.2) is 4.39 Å². The van der Waals surface area contributed by atoms with Crippen molar-refractivity contribution in [3.63, 3.8) is 0 Å². The number of aliphatic hydroxyl groups is 2. The molecule has 0 aliphatic rings. The van der Waals surface area contributed by atoms with Gasteiger partial charge >= 0.3 is 5.69 Å². The van der Waals surface area contributed by atoms with Crippen LogP contribution in [0.15, 0.2) is 12.1 Å². The quantitative estimate of drug-likeness (QED) is 0.441. The number of rotatable bonds is 5. The van der Waals surface area contributed by atoms with Crippen molar-refractivity contribution in [2.75, 3.05) is 6.54 Å². The minimum atomic E-state index is -1.65. The van der Waals surface area contributed by atoms with Crippen LogP contribution in [0.3, 0.4) is 0 Å². The maximum atomic E-state index is 13.5. The highest BCUT2D eigenvalue weighted by Gasteiger charge is 2.26. The van der Waals surface area contributed by atoms with Crippen LogP contribution in [-0.2, 0) is 0 Å². The molecule has 0 saturated carbocycles. The summed E-state index contributed by atoms with van der Waals surface area (Å²) < 4.78 is 13.5. The molecular formula is C10H13FN2O5. The average Bonchev–Trinajstić information content (AvgIpc) is 2.28. The minimum Gasteiger partial charge on any atom is -0.502 e. The van der Waals surface area contributed by atoms with Gasteiger partial charge in [-0.3, -0.25) is 10.1 Å². The molecule has 2 unspecified atom stereocenters. The van der Waals surface area contributed by atoms with E-state index in [1.165, 1.54) is 0 Å². The van der Waals surface area contributed by atoms with E-state index in [2.05, 4.69) is 0 Å². The van der Waals surface area contributed by atoms with Crippen molar-refractivity contribution in [1.82, 2.24) is 0 Å². The number of aromatic hydroxyl groups is 1. The second-order valence-corrected chi connectivity index (χ2v) is 3.71. The summed E-state index contributed by atoms with van der Waals surface area (Å²) in [7, 11) is 0. The Morgan fingerprint density at radius 2 is 2.06 bits per heavy atom. The largest absolute Gasteiger partial charge is 0.502 e. The van der Waals surface area contributed by atoms with Crippen molar-refractivity contribution >= 4 is 5.69 Å². The normalized spacial score (nSPS) is 14.2. The molecule has 0 fully saturated rings. The molecule has 0 spiro atoms. The minimum absolute atomic E-state index is 0.00921. The Kier molecular flexibility index (Phi) is 4.54. The van der Waals surface area contributed by atoms with Crippen LogP contribution in [0.1, 0.15) is 18.1 Å². The summed E-state index contributed by atoms with van der Waals surface area (Å²) in [5.41, 5.74) is 3.97. The molecule has 0 heterocycles. The molecule has 18 heavy (non-hydrogen) atoms. The van der Waals surface area contributed by atoms with Crippen LogP contribution in [-0.4, -0.2) is 32.9 Å². The van der Waals surface area contributed by atoms with Gasteiger partial charge in [-0.1, -0.05) is 0 Å². The molecule has 0 bridgehead atoms. The molecule has 1 aromatic carbocycles. The predicted molar refractivity (Wildman–Crippen MR) is 59.4 cm³/mol. The van der Waals surface area contributed by atoms with Crippen LogP contribution in [0.5, 0.6) is 5.75 Å². The number of aliphatic hydroxyl groups excluding tert-OH is 2. The van der Waals surface area contributed by atoms with Crippen molar-refractivity contribution in [2.24, 2.45) is 5.73 Å². The highest BCUT2D eigenvalue weighted by molar-refractivity contribution is 5.49. The number of benzene rings is 1. The van der Waals surface area contributed by atoms with E-state index in [0.717, 1.165) is 0 Å². The van der Waals surface area contributed by atoms with E-state index in [1.54, 1.807) is 0 Å². The van der Waals surface area contributed by atoms with Gasteiger partial charge in [0.25, 0.3) is 0 Å². The number of halogens is 1. The van der Waals surface area contributed by atoms with Crippen molar-refractivity contribution < 1.29 is 24.6 Å². The third-order valence-electron chi connectivity index (χ3n) is 2.44. The molecule has 1 aromatic rings. The third kappa shape index (κ3) is 2.92. The second kappa shape index (κ2) is 5.71. The Balaban J connectivity index is 3.15. The van der Waals surface area contributed by atoms with Crippen LogP contribution < -0.4 is 5.73 Å². The average molecular weight is 260 g/mol. The third-order valence-corrected chi connectivity index (χ3v) is 2.44. The van der Waals surface area contributed by atoms with Gasteiger partial charge in [0.1, 0.15) is 11.9 Å². The van der Waals surface area contributed by atoms with Gasteiger partial charge in [0, 0.05) is 17.7 Å². The van der Waals surface area contributed by atoms with Gasteiger partial charge in [0.2, 0.25) is 0 Å². The Hall–Kier alpha value is -1.77. The Bertz CT molecular complexity index is 454. The zero-order valence-corrected chi connectivity index (χ0v) is 9.28. The molecule has 8 heteroatoms. The highest BCUT2D eigenvalue weighted by atomic mass is 19.1. The monoisotopic (exact) mass is 260 g/mol. The van der Waals surface area contributed by atoms with Crippen LogP contribution in [0.4, 0.5) is 10.1 Å².